The lowest BCUT2D eigenvalue weighted by molar-refractivity contribution is 0.0738. The van der Waals surface area contributed by atoms with E-state index in [1.54, 1.807) is 17.2 Å². The smallest absolute Gasteiger partial charge is 0.256 e. The van der Waals surface area contributed by atoms with Crippen molar-refractivity contribution >= 4 is 34.0 Å². The number of rotatable bonds is 4. The van der Waals surface area contributed by atoms with Crippen molar-refractivity contribution in [3.63, 3.8) is 0 Å². The van der Waals surface area contributed by atoms with Crippen molar-refractivity contribution in [1.29, 1.82) is 0 Å². The lowest BCUT2D eigenvalue weighted by Gasteiger charge is -2.26. The number of carbonyl (C=O) groups is 1. The van der Waals surface area contributed by atoms with Crippen molar-refractivity contribution in [2.45, 2.75) is 19.9 Å². The molecule has 4 nitrogen and oxygen atoms in total. The summed E-state index contributed by atoms with van der Waals surface area (Å²) in [5.74, 6) is -0.0999. The summed E-state index contributed by atoms with van der Waals surface area (Å²) >= 11 is 4.92. The van der Waals surface area contributed by atoms with Gasteiger partial charge in [-0.2, -0.15) is 0 Å². The largest absolute Gasteiger partial charge is 0.392 e. The average molecular weight is 287 g/mol. The van der Waals surface area contributed by atoms with E-state index >= 15 is 0 Å². The molecule has 0 radical (unpaired) electrons. The third-order valence-corrected chi connectivity index (χ3v) is 3.20. The minimum atomic E-state index is -0.0999. The van der Waals surface area contributed by atoms with Gasteiger partial charge in [0, 0.05) is 17.6 Å². The Balaban J connectivity index is 2.46. The first-order valence-corrected chi connectivity index (χ1v) is 6.84. The van der Waals surface area contributed by atoms with E-state index in [0.29, 0.717) is 16.1 Å². The first-order valence-electron chi connectivity index (χ1n) is 6.43. The molecule has 104 valence electrons. The number of carbonyl (C=O) groups excluding carboxylic acids is 1. The van der Waals surface area contributed by atoms with Gasteiger partial charge in [-0.25, -0.2) is 0 Å². The standard InChI is InChI=1S/C15H17N3OS/c1-10(2)18(9-13(16)20)15(19)12-7-3-5-11-6-4-8-17-14(11)12/h3-8,10H,9H2,1-2H3,(H2,16,20). The number of nitrogens with zero attached hydrogens (tertiary/aromatic N) is 2. The van der Waals surface area contributed by atoms with Gasteiger partial charge in [-0.15, -0.1) is 0 Å². The zero-order valence-electron chi connectivity index (χ0n) is 11.5. The molecule has 0 bridgehead atoms. The van der Waals surface area contributed by atoms with Crippen molar-refractivity contribution in [3.8, 4) is 0 Å². The molecule has 20 heavy (non-hydrogen) atoms. The lowest BCUT2D eigenvalue weighted by atomic mass is 10.1. The number of nitrogens with two attached hydrogens (primary N) is 1. The van der Waals surface area contributed by atoms with Crippen LogP contribution in [0.2, 0.25) is 0 Å². The summed E-state index contributed by atoms with van der Waals surface area (Å²) in [4.78, 5) is 19.0. The number of pyridine rings is 1. The van der Waals surface area contributed by atoms with Crippen LogP contribution in [-0.4, -0.2) is 33.4 Å². The Bertz CT molecular complexity index is 649. The minimum absolute atomic E-state index is 0.0166. The van der Waals surface area contributed by atoms with Gasteiger partial charge in [0.05, 0.1) is 22.6 Å². The molecular formula is C15H17N3OS. The highest BCUT2D eigenvalue weighted by Gasteiger charge is 2.21. The molecule has 0 spiro atoms. The van der Waals surface area contributed by atoms with Crippen LogP contribution in [0.3, 0.4) is 0 Å². The van der Waals surface area contributed by atoms with Crippen LogP contribution in [0.1, 0.15) is 24.2 Å². The second-order valence-corrected chi connectivity index (χ2v) is 5.40. The van der Waals surface area contributed by atoms with E-state index in [0.717, 1.165) is 5.39 Å². The van der Waals surface area contributed by atoms with Crippen molar-refractivity contribution in [2.24, 2.45) is 5.73 Å². The Hall–Kier alpha value is -2.01. The van der Waals surface area contributed by atoms with Gasteiger partial charge >= 0.3 is 0 Å². The van der Waals surface area contributed by atoms with Crippen LogP contribution in [0, 0.1) is 0 Å². The van der Waals surface area contributed by atoms with Crippen LogP contribution in [0.15, 0.2) is 36.5 Å². The molecule has 2 aromatic rings. The molecule has 0 fully saturated rings. The van der Waals surface area contributed by atoms with Crippen LogP contribution in [0.4, 0.5) is 0 Å². The van der Waals surface area contributed by atoms with Crippen molar-refractivity contribution < 1.29 is 4.79 Å². The first kappa shape index (κ1) is 14.4. The normalized spacial score (nSPS) is 10.8. The highest BCUT2D eigenvalue weighted by atomic mass is 32.1. The first-order chi connectivity index (χ1) is 9.50. The topological polar surface area (TPSA) is 59.2 Å². The Morgan fingerprint density at radius 1 is 1.35 bits per heavy atom. The number of thiocarbonyl (C=S) groups is 1. The van der Waals surface area contributed by atoms with E-state index < -0.39 is 0 Å². The molecule has 0 aliphatic carbocycles. The van der Waals surface area contributed by atoms with Crippen LogP contribution in [0.25, 0.3) is 10.9 Å². The molecule has 0 unspecified atom stereocenters. The van der Waals surface area contributed by atoms with Gasteiger partial charge in [0.2, 0.25) is 0 Å². The van der Waals surface area contributed by atoms with E-state index in [1.165, 1.54) is 0 Å². The number of para-hydroxylation sites is 1. The van der Waals surface area contributed by atoms with E-state index in [-0.39, 0.29) is 18.5 Å². The minimum Gasteiger partial charge on any atom is -0.392 e. The number of fused-ring (bicyclic) bond motifs is 1. The van der Waals surface area contributed by atoms with Crippen molar-refractivity contribution in [1.82, 2.24) is 9.88 Å². The third kappa shape index (κ3) is 2.93. The third-order valence-electron chi connectivity index (χ3n) is 3.07. The van der Waals surface area contributed by atoms with Crippen molar-refractivity contribution in [2.75, 3.05) is 6.54 Å². The van der Waals surface area contributed by atoms with Crippen LogP contribution in [0.5, 0.6) is 0 Å². The van der Waals surface area contributed by atoms with Crippen molar-refractivity contribution in [3.05, 3.63) is 42.1 Å². The maximum Gasteiger partial charge on any atom is 0.256 e. The number of aromatic nitrogens is 1. The van der Waals surface area contributed by atoms with Gasteiger partial charge in [0.1, 0.15) is 0 Å². The fraction of sp³-hybridized carbons (Fsp3) is 0.267. The summed E-state index contributed by atoms with van der Waals surface area (Å²) in [6.07, 6.45) is 1.69. The fourth-order valence-electron chi connectivity index (χ4n) is 2.09. The molecule has 5 heteroatoms. The predicted molar refractivity (Wildman–Crippen MR) is 84.7 cm³/mol. The second-order valence-electron chi connectivity index (χ2n) is 4.87. The summed E-state index contributed by atoms with van der Waals surface area (Å²) in [6, 6.07) is 9.39. The monoisotopic (exact) mass is 287 g/mol. The maximum absolute atomic E-state index is 12.7. The summed E-state index contributed by atoms with van der Waals surface area (Å²) in [7, 11) is 0. The Labute approximate surface area is 123 Å². The molecule has 2 N–H and O–H groups in total. The number of hydrogen-bond acceptors (Lipinski definition) is 3. The molecule has 1 aromatic carbocycles. The molecule has 1 aromatic heterocycles. The van der Waals surface area contributed by atoms with Gasteiger partial charge in [0.15, 0.2) is 0 Å². The van der Waals surface area contributed by atoms with Crippen LogP contribution in [-0.2, 0) is 0 Å². The highest BCUT2D eigenvalue weighted by Crippen LogP contribution is 2.18. The molecule has 0 saturated heterocycles. The fourth-order valence-corrected chi connectivity index (χ4v) is 2.23. The van der Waals surface area contributed by atoms with E-state index in [9.17, 15) is 4.79 Å². The Morgan fingerprint density at radius 2 is 2.05 bits per heavy atom. The van der Waals surface area contributed by atoms with Crippen LogP contribution < -0.4 is 5.73 Å². The van der Waals surface area contributed by atoms with Gasteiger partial charge in [-0.1, -0.05) is 30.4 Å². The highest BCUT2D eigenvalue weighted by molar-refractivity contribution is 7.80. The number of hydrogen-bond donors (Lipinski definition) is 1. The molecular weight excluding hydrogens is 270 g/mol. The summed E-state index contributed by atoms with van der Waals surface area (Å²) in [5.41, 5.74) is 6.86. The van der Waals surface area contributed by atoms with E-state index in [2.05, 4.69) is 4.98 Å². The molecule has 0 aliphatic heterocycles. The zero-order valence-corrected chi connectivity index (χ0v) is 12.4. The van der Waals surface area contributed by atoms with Crippen LogP contribution >= 0.6 is 12.2 Å². The van der Waals surface area contributed by atoms with E-state index in [4.69, 9.17) is 18.0 Å². The van der Waals surface area contributed by atoms with Gasteiger partial charge in [0.25, 0.3) is 5.91 Å². The summed E-state index contributed by atoms with van der Waals surface area (Å²) in [6.45, 7) is 4.15. The van der Waals surface area contributed by atoms with E-state index in [1.807, 2.05) is 38.1 Å². The predicted octanol–water partition coefficient (Wildman–Crippen LogP) is 2.37. The SMILES string of the molecule is CC(C)N(CC(N)=S)C(=O)c1cccc2cccnc12. The molecule has 1 amide bonds. The summed E-state index contributed by atoms with van der Waals surface area (Å²) in [5, 5.41) is 0.942. The quantitative estimate of drug-likeness (QED) is 0.877. The van der Waals surface area contributed by atoms with Gasteiger partial charge in [-0.05, 0) is 26.0 Å². The summed E-state index contributed by atoms with van der Waals surface area (Å²) < 4.78 is 0. The molecule has 0 aliphatic rings. The molecule has 2 rings (SSSR count). The average Bonchev–Trinajstić information content (AvgIpc) is 2.43. The number of amides is 1. The second kappa shape index (κ2) is 5.96. The molecule has 1 heterocycles. The number of benzene rings is 1. The molecule has 0 atom stereocenters. The Morgan fingerprint density at radius 3 is 2.70 bits per heavy atom. The molecule has 0 saturated carbocycles. The lowest BCUT2D eigenvalue weighted by Crippen LogP contribution is -2.42. The maximum atomic E-state index is 12.7. The van der Waals surface area contributed by atoms with Gasteiger partial charge in [-0.3, -0.25) is 9.78 Å². The Kier molecular flexibility index (Phi) is 4.29. The van der Waals surface area contributed by atoms with Gasteiger partial charge < -0.3 is 10.6 Å². The zero-order chi connectivity index (χ0) is 14.7.